The van der Waals surface area contributed by atoms with Gasteiger partial charge in [-0.05, 0) is 33.1 Å². The van der Waals surface area contributed by atoms with E-state index in [4.69, 9.17) is 44.3 Å². The maximum absolute atomic E-state index is 13.3. The second-order valence-electron chi connectivity index (χ2n) is 9.43. The molecule has 0 aromatic carbocycles. The van der Waals surface area contributed by atoms with Gasteiger partial charge in [0.15, 0.2) is 0 Å². The average Bonchev–Trinajstić information content (AvgIpc) is 2.57. The van der Waals surface area contributed by atoms with Crippen molar-refractivity contribution in [3.8, 4) is 0 Å². The highest BCUT2D eigenvalue weighted by Crippen LogP contribution is 2.36. The third-order valence-corrected chi connectivity index (χ3v) is 5.33. The molecule has 0 amide bonds. The van der Waals surface area contributed by atoms with Crippen LogP contribution in [0.3, 0.4) is 0 Å². The van der Waals surface area contributed by atoms with Crippen LogP contribution in [0.2, 0.25) is 0 Å². The van der Waals surface area contributed by atoms with Gasteiger partial charge in [0.1, 0.15) is 18.0 Å². The summed E-state index contributed by atoms with van der Waals surface area (Å²) in [6, 6.07) is 0. The number of carbonyl (C=O) groups is 3. The topological polar surface area (TPSA) is 89.9 Å². The number of carbonyl (C=O) groups excluding carboxylic acids is 3. The fourth-order valence-electron chi connectivity index (χ4n) is 3.30. The van der Waals surface area contributed by atoms with Crippen LogP contribution >= 0.6 is 34.8 Å². The van der Waals surface area contributed by atoms with Crippen molar-refractivity contribution >= 4 is 52.5 Å². The Morgan fingerprint density at radius 1 is 1.06 bits per heavy atom. The van der Waals surface area contributed by atoms with E-state index in [1.54, 1.807) is 40.7 Å². The van der Waals surface area contributed by atoms with E-state index in [-0.39, 0.29) is 12.3 Å². The van der Waals surface area contributed by atoms with Crippen LogP contribution in [0, 0.1) is 23.2 Å². The fraction of sp³-hybridized carbons (Fsp3) is 0.773. The predicted octanol–water partition coefficient (Wildman–Crippen LogP) is 5.05. The van der Waals surface area contributed by atoms with E-state index < -0.39 is 57.1 Å². The van der Waals surface area contributed by atoms with Crippen molar-refractivity contribution in [2.75, 3.05) is 6.61 Å². The van der Waals surface area contributed by atoms with Gasteiger partial charge in [-0.15, -0.1) is 6.58 Å². The van der Waals surface area contributed by atoms with Crippen LogP contribution in [-0.2, 0) is 23.9 Å². The lowest BCUT2D eigenvalue weighted by Crippen LogP contribution is -2.46. The van der Waals surface area contributed by atoms with Crippen LogP contribution in [-0.4, -0.2) is 44.9 Å². The molecular weight excluding hydrogens is 467 g/mol. The lowest BCUT2D eigenvalue weighted by molar-refractivity contribution is -0.162. The first kappa shape index (κ1) is 30.2. The lowest BCUT2D eigenvalue weighted by atomic mass is 9.70. The van der Waals surface area contributed by atoms with E-state index in [0.717, 1.165) is 0 Å². The third kappa shape index (κ3) is 10.6. The predicted molar refractivity (Wildman–Crippen MR) is 123 cm³/mol. The quantitative estimate of drug-likeness (QED) is 0.242. The summed E-state index contributed by atoms with van der Waals surface area (Å²) in [5.41, 5.74) is -2.03. The summed E-state index contributed by atoms with van der Waals surface area (Å²) in [7, 11) is 0. The Bertz CT molecular complexity index is 649. The smallest absolute Gasteiger partial charge is 0.310 e. The van der Waals surface area contributed by atoms with Gasteiger partial charge in [-0.1, -0.05) is 68.6 Å². The molecule has 9 heteroatoms. The van der Waals surface area contributed by atoms with Crippen molar-refractivity contribution in [2.45, 2.75) is 76.8 Å². The number of ketones is 1. The Hall–Kier alpha value is -0.820. The number of hydrogen-bond acceptors (Lipinski definition) is 6. The number of esters is 2. The lowest BCUT2D eigenvalue weighted by Gasteiger charge is -2.35. The second kappa shape index (κ2) is 11.9. The molecule has 180 valence electrons. The number of Topliss-reactive ketones (excluding diaryl/α,β-unsaturated/α-hetero) is 1. The maximum atomic E-state index is 13.3. The standard InChI is InChI=1S/C22H35Cl3O6/c1-9-10-13(2)17(19(29)30-12-22(23,24)25)14(3)18(28)21(7,8)15(26)11-16(27)31-20(4,5)6/h9,13-15,17,26H,1,10-12H2,2-8H3/t13-,14-,15-,17+/m0/s1. The van der Waals surface area contributed by atoms with Crippen LogP contribution in [0.5, 0.6) is 0 Å². The number of aliphatic hydroxyl groups excluding tert-OH is 1. The third-order valence-electron chi connectivity index (χ3n) is 5.00. The van der Waals surface area contributed by atoms with Gasteiger partial charge < -0.3 is 14.6 Å². The molecule has 1 N–H and O–H groups in total. The molecule has 0 aromatic heterocycles. The van der Waals surface area contributed by atoms with Crippen molar-refractivity contribution in [3.63, 3.8) is 0 Å². The zero-order valence-electron chi connectivity index (χ0n) is 19.3. The van der Waals surface area contributed by atoms with Gasteiger partial charge in [-0.25, -0.2) is 0 Å². The Morgan fingerprint density at radius 3 is 2.00 bits per heavy atom. The molecule has 0 aliphatic heterocycles. The number of ether oxygens (including phenoxy) is 2. The largest absolute Gasteiger partial charge is 0.461 e. The molecule has 0 spiro atoms. The Kier molecular flexibility index (Phi) is 11.6. The molecule has 0 aliphatic carbocycles. The number of allylic oxidation sites excluding steroid dienone is 1. The minimum atomic E-state index is -1.78. The monoisotopic (exact) mass is 500 g/mol. The van der Waals surface area contributed by atoms with Crippen molar-refractivity contribution in [2.24, 2.45) is 23.2 Å². The molecule has 0 unspecified atom stereocenters. The van der Waals surface area contributed by atoms with Gasteiger partial charge >= 0.3 is 11.9 Å². The molecule has 31 heavy (non-hydrogen) atoms. The van der Waals surface area contributed by atoms with E-state index in [1.165, 1.54) is 13.8 Å². The van der Waals surface area contributed by atoms with Gasteiger partial charge in [0.2, 0.25) is 3.79 Å². The first-order chi connectivity index (χ1) is 13.8. The summed E-state index contributed by atoms with van der Waals surface area (Å²) < 4.78 is 8.59. The Morgan fingerprint density at radius 2 is 1.58 bits per heavy atom. The summed E-state index contributed by atoms with van der Waals surface area (Å²) >= 11 is 17.0. The number of aliphatic hydroxyl groups is 1. The molecule has 0 aliphatic rings. The van der Waals surface area contributed by atoms with E-state index in [0.29, 0.717) is 6.42 Å². The first-order valence-electron chi connectivity index (χ1n) is 10.1. The van der Waals surface area contributed by atoms with Crippen LogP contribution in [0.4, 0.5) is 0 Å². The Labute approximate surface area is 200 Å². The molecule has 0 rings (SSSR count). The molecule has 0 heterocycles. The van der Waals surface area contributed by atoms with Gasteiger partial charge in [-0.2, -0.15) is 0 Å². The summed E-state index contributed by atoms with van der Waals surface area (Å²) in [5, 5.41) is 10.6. The number of hydrogen-bond donors (Lipinski definition) is 1. The minimum absolute atomic E-state index is 0.293. The molecule has 0 saturated carbocycles. The maximum Gasteiger partial charge on any atom is 0.310 e. The normalized spacial score (nSPS) is 16.6. The van der Waals surface area contributed by atoms with Crippen LogP contribution < -0.4 is 0 Å². The highest BCUT2D eigenvalue weighted by Gasteiger charge is 2.45. The SMILES string of the molecule is C=CC[C@H](C)[C@@H](C(=O)OCC(Cl)(Cl)Cl)[C@H](C)C(=O)C(C)(C)[C@@H](O)CC(=O)OC(C)(C)C. The van der Waals surface area contributed by atoms with Gasteiger partial charge in [0, 0.05) is 5.92 Å². The highest BCUT2D eigenvalue weighted by molar-refractivity contribution is 6.67. The summed E-state index contributed by atoms with van der Waals surface area (Å²) in [6.45, 7) is 14.8. The van der Waals surface area contributed by atoms with Crippen LogP contribution in [0.25, 0.3) is 0 Å². The molecule has 4 atom stereocenters. The summed E-state index contributed by atoms with van der Waals surface area (Å²) in [6.07, 6.45) is 0.434. The minimum Gasteiger partial charge on any atom is -0.461 e. The van der Waals surface area contributed by atoms with Crippen molar-refractivity contribution < 1.29 is 29.0 Å². The van der Waals surface area contributed by atoms with E-state index in [9.17, 15) is 19.5 Å². The zero-order chi connectivity index (χ0) is 24.8. The van der Waals surface area contributed by atoms with E-state index in [2.05, 4.69) is 6.58 Å². The van der Waals surface area contributed by atoms with E-state index in [1.807, 2.05) is 0 Å². The van der Waals surface area contributed by atoms with Crippen LogP contribution in [0.1, 0.15) is 61.3 Å². The molecule has 0 fully saturated rings. The molecular formula is C22H35Cl3O6. The highest BCUT2D eigenvalue weighted by atomic mass is 35.6. The molecule has 0 saturated heterocycles. The number of alkyl halides is 3. The fourth-order valence-corrected chi connectivity index (χ4v) is 3.46. The van der Waals surface area contributed by atoms with E-state index >= 15 is 0 Å². The summed E-state index contributed by atoms with van der Waals surface area (Å²) in [5.74, 6) is -3.67. The number of rotatable bonds is 11. The molecule has 0 bridgehead atoms. The molecule has 0 radical (unpaired) electrons. The van der Waals surface area contributed by atoms with Gasteiger partial charge in [0.25, 0.3) is 0 Å². The van der Waals surface area contributed by atoms with Crippen molar-refractivity contribution in [1.29, 1.82) is 0 Å². The second-order valence-corrected chi connectivity index (χ2v) is 11.9. The molecule has 6 nitrogen and oxygen atoms in total. The first-order valence-corrected chi connectivity index (χ1v) is 11.2. The van der Waals surface area contributed by atoms with Crippen LogP contribution in [0.15, 0.2) is 12.7 Å². The van der Waals surface area contributed by atoms with Crippen molar-refractivity contribution in [3.05, 3.63) is 12.7 Å². The molecule has 0 aromatic rings. The van der Waals surface area contributed by atoms with Gasteiger partial charge in [-0.3, -0.25) is 14.4 Å². The summed E-state index contributed by atoms with van der Waals surface area (Å²) in [4.78, 5) is 38.2. The zero-order valence-corrected chi connectivity index (χ0v) is 21.6. The Balaban J connectivity index is 5.58. The average molecular weight is 502 g/mol. The van der Waals surface area contributed by atoms with Crippen molar-refractivity contribution in [1.82, 2.24) is 0 Å². The number of halogens is 3. The van der Waals surface area contributed by atoms with Gasteiger partial charge in [0.05, 0.1) is 23.9 Å².